The highest BCUT2D eigenvalue weighted by molar-refractivity contribution is 7.99. The minimum absolute atomic E-state index is 0.513. The Morgan fingerprint density at radius 2 is 1.52 bits per heavy atom. The molecule has 2 aliphatic rings. The number of piperazine rings is 1. The van der Waals surface area contributed by atoms with Gasteiger partial charge in [0.2, 0.25) is 0 Å². The number of carboxylic acids is 2. The first-order chi connectivity index (χ1) is 14.0. The first-order valence-corrected chi connectivity index (χ1v) is 10.3. The van der Waals surface area contributed by atoms with E-state index in [9.17, 15) is 9.59 Å². The summed E-state index contributed by atoms with van der Waals surface area (Å²) >= 11 is 1.93. The molecule has 3 N–H and O–H groups in total. The predicted octanol–water partition coefficient (Wildman–Crippen LogP) is 3.05. The highest BCUT2D eigenvalue weighted by Gasteiger charge is 2.27. The second-order valence-corrected chi connectivity index (χ2v) is 7.85. The van der Waals surface area contributed by atoms with Gasteiger partial charge in [0, 0.05) is 54.2 Å². The van der Waals surface area contributed by atoms with Gasteiger partial charge in [-0.05, 0) is 29.7 Å². The van der Waals surface area contributed by atoms with E-state index in [4.69, 9.17) is 10.2 Å². The SMILES string of the molecule is O=C(O)/C=C/C(=O)O.c1ccc2c(c1)CC(N1CCNCC1)c1ccccc1S2. The van der Waals surface area contributed by atoms with Crippen molar-refractivity contribution in [3.05, 3.63) is 71.8 Å². The van der Waals surface area contributed by atoms with Crippen LogP contribution in [-0.2, 0) is 16.0 Å². The maximum Gasteiger partial charge on any atom is 0.328 e. The average Bonchev–Trinajstić information content (AvgIpc) is 2.90. The quantitative estimate of drug-likeness (QED) is 0.668. The minimum Gasteiger partial charge on any atom is -0.478 e. The van der Waals surface area contributed by atoms with Crippen molar-refractivity contribution < 1.29 is 19.8 Å². The van der Waals surface area contributed by atoms with Gasteiger partial charge >= 0.3 is 11.9 Å². The molecule has 0 aliphatic carbocycles. The summed E-state index contributed by atoms with van der Waals surface area (Å²) in [6.07, 6.45) is 2.24. The maximum absolute atomic E-state index is 9.55. The Morgan fingerprint density at radius 1 is 0.931 bits per heavy atom. The number of fused-ring (bicyclic) bond motifs is 2. The Morgan fingerprint density at radius 3 is 2.17 bits per heavy atom. The fourth-order valence-corrected chi connectivity index (χ4v) is 4.65. The number of aliphatic carboxylic acids is 2. The molecule has 0 amide bonds. The molecular formula is C22H24N2O4S. The second-order valence-electron chi connectivity index (χ2n) is 6.76. The summed E-state index contributed by atoms with van der Waals surface area (Å²) in [5.41, 5.74) is 2.99. The summed E-state index contributed by atoms with van der Waals surface area (Å²) in [5.74, 6) is -2.51. The van der Waals surface area contributed by atoms with E-state index in [1.807, 2.05) is 11.8 Å². The number of nitrogens with one attached hydrogen (secondary N) is 1. The molecule has 2 aromatic rings. The number of nitrogens with zero attached hydrogens (tertiary/aromatic N) is 1. The first-order valence-electron chi connectivity index (χ1n) is 9.48. The Kier molecular flexibility index (Phi) is 7.46. The minimum atomic E-state index is -1.26. The Hall–Kier alpha value is -2.61. The van der Waals surface area contributed by atoms with Crippen LogP contribution in [-0.4, -0.2) is 53.2 Å². The summed E-state index contributed by atoms with van der Waals surface area (Å²) in [7, 11) is 0. The summed E-state index contributed by atoms with van der Waals surface area (Å²) in [6.45, 7) is 4.50. The van der Waals surface area contributed by atoms with Crippen LogP contribution in [0.3, 0.4) is 0 Å². The van der Waals surface area contributed by atoms with Crippen molar-refractivity contribution in [2.24, 2.45) is 0 Å². The van der Waals surface area contributed by atoms with E-state index in [0.29, 0.717) is 18.2 Å². The van der Waals surface area contributed by atoms with Crippen LogP contribution in [0.25, 0.3) is 0 Å². The Bertz CT molecular complexity index is 878. The average molecular weight is 413 g/mol. The monoisotopic (exact) mass is 412 g/mol. The lowest BCUT2D eigenvalue weighted by molar-refractivity contribution is -0.134. The van der Waals surface area contributed by atoms with Crippen molar-refractivity contribution in [3.63, 3.8) is 0 Å². The van der Waals surface area contributed by atoms with E-state index in [2.05, 4.69) is 58.7 Å². The molecule has 7 heteroatoms. The molecule has 6 nitrogen and oxygen atoms in total. The smallest absolute Gasteiger partial charge is 0.328 e. The molecule has 1 atom stereocenters. The largest absolute Gasteiger partial charge is 0.478 e. The van der Waals surface area contributed by atoms with Crippen LogP contribution in [0.4, 0.5) is 0 Å². The van der Waals surface area contributed by atoms with Gasteiger partial charge in [0.25, 0.3) is 0 Å². The van der Waals surface area contributed by atoms with E-state index >= 15 is 0 Å². The fraction of sp³-hybridized carbons (Fsp3) is 0.273. The number of carbonyl (C=O) groups is 2. The number of carboxylic acid groups (broad SMARTS) is 2. The highest BCUT2D eigenvalue weighted by Crippen LogP contribution is 2.42. The molecule has 0 bridgehead atoms. The van der Waals surface area contributed by atoms with Gasteiger partial charge in [-0.25, -0.2) is 9.59 Å². The number of rotatable bonds is 3. The molecule has 1 unspecified atom stereocenters. The van der Waals surface area contributed by atoms with Crippen LogP contribution in [0.1, 0.15) is 17.2 Å². The number of hydrogen-bond donors (Lipinski definition) is 3. The number of hydrogen-bond acceptors (Lipinski definition) is 5. The summed E-state index contributed by atoms with van der Waals surface area (Å²) < 4.78 is 0. The van der Waals surface area contributed by atoms with Crippen molar-refractivity contribution in [2.45, 2.75) is 22.3 Å². The van der Waals surface area contributed by atoms with Gasteiger partial charge in [-0.15, -0.1) is 0 Å². The molecular weight excluding hydrogens is 388 g/mol. The van der Waals surface area contributed by atoms with Crippen LogP contribution in [0.5, 0.6) is 0 Å². The molecule has 0 spiro atoms. The summed E-state index contributed by atoms with van der Waals surface area (Å²) in [6, 6.07) is 18.3. The van der Waals surface area contributed by atoms with E-state index in [1.54, 1.807) is 0 Å². The molecule has 152 valence electrons. The van der Waals surface area contributed by atoms with E-state index in [0.717, 1.165) is 32.6 Å². The molecule has 2 heterocycles. The van der Waals surface area contributed by atoms with Gasteiger partial charge in [0.05, 0.1) is 0 Å². The lowest BCUT2D eigenvalue weighted by Gasteiger charge is -2.35. The van der Waals surface area contributed by atoms with Gasteiger partial charge in [0.15, 0.2) is 0 Å². The lowest BCUT2D eigenvalue weighted by Crippen LogP contribution is -2.45. The molecule has 0 radical (unpaired) electrons. The second kappa shape index (κ2) is 10.2. The van der Waals surface area contributed by atoms with Gasteiger partial charge in [0.1, 0.15) is 0 Å². The maximum atomic E-state index is 9.55. The Labute approximate surface area is 174 Å². The molecule has 2 aromatic carbocycles. The van der Waals surface area contributed by atoms with Crippen LogP contribution in [0.15, 0.2) is 70.5 Å². The van der Waals surface area contributed by atoms with Crippen LogP contribution in [0, 0.1) is 0 Å². The van der Waals surface area contributed by atoms with Crippen LogP contribution < -0.4 is 5.32 Å². The molecule has 1 saturated heterocycles. The van der Waals surface area contributed by atoms with E-state index < -0.39 is 11.9 Å². The zero-order chi connectivity index (χ0) is 20.6. The predicted molar refractivity (Wildman–Crippen MR) is 112 cm³/mol. The van der Waals surface area contributed by atoms with Gasteiger partial charge in [-0.1, -0.05) is 48.2 Å². The molecule has 29 heavy (non-hydrogen) atoms. The Balaban J connectivity index is 0.000000258. The molecule has 1 fully saturated rings. The summed E-state index contributed by atoms with van der Waals surface area (Å²) in [5, 5.41) is 19.1. The van der Waals surface area contributed by atoms with Crippen molar-refractivity contribution in [2.75, 3.05) is 26.2 Å². The third-order valence-electron chi connectivity index (χ3n) is 4.84. The lowest BCUT2D eigenvalue weighted by atomic mass is 9.97. The van der Waals surface area contributed by atoms with Crippen LogP contribution in [0.2, 0.25) is 0 Å². The normalized spacial score (nSPS) is 18.7. The van der Waals surface area contributed by atoms with E-state index in [-0.39, 0.29) is 0 Å². The molecule has 0 saturated carbocycles. The van der Waals surface area contributed by atoms with Gasteiger partial charge in [-0.3, -0.25) is 4.90 Å². The highest BCUT2D eigenvalue weighted by atomic mass is 32.2. The van der Waals surface area contributed by atoms with Crippen molar-refractivity contribution in [3.8, 4) is 0 Å². The fourth-order valence-electron chi connectivity index (χ4n) is 3.52. The van der Waals surface area contributed by atoms with Crippen molar-refractivity contribution in [1.29, 1.82) is 0 Å². The van der Waals surface area contributed by atoms with E-state index in [1.165, 1.54) is 20.9 Å². The molecule has 4 rings (SSSR count). The van der Waals surface area contributed by atoms with Crippen LogP contribution >= 0.6 is 11.8 Å². The standard InChI is InChI=1S/C18H20N2S.C4H4O4/c1-3-7-17-14(5-1)13-16(20-11-9-19-10-12-20)15-6-2-4-8-18(15)21-17;5-3(6)1-2-4(7)8/h1-8,16,19H,9-13H2;1-2H,(H,5,6)(H,7,8)/b;2-1+. The third kappa shape index (κ3) is 5.93. The van der Waals surface area contributed by atoms with Gasteiger partial charge < -0.3 is 15.5 Å². The van der Waals surface area contributed by atoms with Crippen molar-refractivity contribution >= 4 is 23.7 Å². The third-order valence-corrected chi connectivity index (χ3v) is 6.05. The van der Waals surface area contributed by atoms with Crippen molar-refractivity contribution in [1.82, 2.24) is 10.2 Å². The van der Waals surface area contributed by atoms with Gasteiger partial charge in [-0.2, -0.15) is 0 Å². The number of benzene rings is 2. The first kappa shape index (κ1) is 21.1. The summed E-state index contributed by atoms with van der Waals surface area (Å²) in [4.78, 5) is 24.6. The molecule has 0 aromatic heterocycles. The topological polar surface area (TPSA) is 89.9 Å². The zero-order valence-corrected chi connectivity index (χ0v) is 16.8. The zero-order valence-electron chi connectivity index (χ0n) is 16.0. The molecule has 2 aliphatic heterocycles.